The van der Waals surface area contributed by atoms with Gasteiger partial charge < -0.3 is 14.5 Å². The molecular formula is C28H24N6O2. The molecule has 0 aliphatic heterocycles. The zero-order valence-electron chi connectivity index (χ0n) is 20.2. The van der Waals surface area contributed by atoms with Gasteiger partial charge in [0.2, 0.25) is 0 Å². The van der Waals surface area contributed by atoms with Crippen molar-refractivity contribution in [2.45, 2.75) is 6.54 Å². The number of methoxy groups -OCH3 is 1. The molecule has 0 unspecified atom stereocenters. The van der Waals surface area contributed by atoms with Crippen molar-refractivity contribution in [3.63, 3.8) is 0 Å². The first kappa shape index (κ1) is 23.0. The Bertz CT molecular complexity index is 1640. The van der Waals surface area contributed by atoms with E-state index in [1.165, 1.54) is 21.1 Å². The SMILES string of the molecule is [C-]#[N+]c1nn(-c2ccc(OC)cc2)c2c(=O)n(-c3ccc(-c4ccccc4CN(C)C)cc3)cnc12. The smallest absolute Gasteiger partial charge is 0.322 e. The Hall–Kier alpha value is -4.74. The second kappa shape index (κ2) is 9.49. The van der Waals surface area contributed by atoms with Gasteiger partial charge in [-0.3, -0.25) is 9.36 Å². The highest BCUT2D eigenvalue weighted by molar-refractivity contribution is 5.87. The maximum atomic E-state index is 13.6. The molecule has 0 spiro atoms. The second-order valence-corrected chi connectivity index (χ2v) is 8.60. The van der Waals surface area contributed by atoms with E-state index < -0.39 is 0 Å². The molecule has 178 valence electrons. The lowest BCUT2D eigenvalue weighted by molar-refractivity contribution is 0.403. The summed E-state index contributed by atoms with van der Waals surface area (Å²) in [6, 6.07) is 23.3. The predicted molar refractivity (Wildman–Crippen MR) is 140 cm³/mol. The summed E-state index contributed by atoms with van der Waals surface area (Å²) in [5.41, 5.74) is 4.97. The van der Waals surface area contributed by atoms with Crippen LogP contribution in [0, 0.1) is 6.57 Å². The largest absolute Gasteiger partial charge is 0.497 e. The van der Waals surface area contributed by atoms with Crippen LogP contribution in [-0.2, 0) is 6.54 Å². The van der Waals surface area contributed by atoms with Crippen molar-refractivity contribution in [2.24, 2.45) is 0 Å². The number of benzene rings is 3. The van der Waals surface area contributed by atoms with Gasteiger partial charge in [0.25, 0.3) is 5.56 Å². The summed E-state index contributed by atoms with van der Waals surface area (Å²) in [7, 11) is 5.68. The highest BCUT2D eigenvalue weighted by atomic mass is 16.5. The van der Waals surface area contributed by atoms with Crippen molar-refractivity contribution in [2.75, 3.05) is 21.2 Å². The summed E-state index contributed by atoms with van der Waals surface area (Å²) >= 11 is 0. The summed E-state index contributed by atoms with van der Waals surface area (Å²) in [4.78, 5) is 23.7. The van der Waals surface area contributed by atoms with Crippen LogP contribution in [0.4, 0.5) is 5.82 Å². The van der Waals surface area contributed by atoms with E-state index in [0.717, 1.165) is 17.7 Å². The number of rotatable bonds is 6. The Morgan fingerprint density at radius 2 is 1.67 bits per heavy atom. The zero-order chi connectivity index (χ0) is 25.2. The Labute approximate surface area is 208 Å². The van der Waals surface area contributed by atoms with Crippen molar-refractivity contribution in [3.8, 4) is 28.3 Å². The minimum absolute atomic E-state index is 0.0814. The fourth-order valence-corrected chi connectivity index (χ4v) is 4.24. The monoisotopic (exact) mass is 476 g/mol. The van der Waals surface area contributed by atoms with Crippen LogP contribution in [0.2, 0.25) is 0 Å². The van der Waals surface area contributed by atoms with E-state index in [0.29, 0.717) is 17.1 Å². The average molecular weight is 477 g/mol. The van der Waals surface area contributed by atoms with Crippen LogP contribution in [0.3, 0.4) is 0 Å². The molecule has 0 amide bonds. The molecule has 0 saturated carbocycles. The molecular weight excluding hydrogens is 452 g/mol. The lowest BCUT2D eigenvalue weighted by Crippen LogP contribution is -2.21. The normalized spacial score (nSPS) is 11.1. The van der Waals surface area contributed by atoms with Crippen LogP contribution in [0.1, 0.15) is 5.56 Å². The van der Waals surface area contributed by atoms with Gasteiger partial charge in [0.05, 0.1) is 18.5 Å². The van der Waals surface area contributed by atoms with Crippen molar-refractivity contribution in [1.29, 1.82) is 0 Å². The minimum atomic E-state index is -0.307. The van der Waals surface area contributed by atoms with Crippen LogP contribution in [0.5, 0.6) is 5.75 Å². The standard InChI is InChI=1S/C28H24N6O2/c1-29-27-25-26(34(31-27)22-13-15-23(36-4)16-14-22)28(35)33(18-30-25)21-11-9-19(10-12-21)24-8-6-5-7-20(24)17-32(2)3/h5-16,18H,17H2,2-4H3. The molecule has 36 heavy (non-hydrogen) atoms. The van der Waals surface area contributed by atoms with Crippen molar-refractivity contribution >= 4 is 16.9 Å². The molecule has 0 fully saturated rings. The maximum Gasteiger partial charge on any atom is 0.322 e. The van der Waals surface area contributed by atoms with Crippen molar-refractivity contribution in [3.05, 3.63) is 106 Å². The summed E-state index contributed by atoms with van der Waals surface area (Å²) in [5, 5.41) is 4.36. The van der Waals surface area contributed by atoms with Crippen LogP contribution in [0.25, 0.3) is 38.4 Å². The van der Waals surface area contributed by atoms with Crippen molar-refractivity contribution in [1.82, 2.24) is 24.2 Å². The molecule has 5 rings (SSSR count). The van der Waals surface area contributed by atoms with E-state index in [1.807, 2.05) is 50.5 Å². The molecule has 2 heterocycles. The number of hydrogen-bond donors (Lipinski definition) is 0. The summed E-state index contributed by atoms with van der Waals surface area (Å²) in [6.45, 7) is 8.33. The molecule has 0 N–H and O–H groups in total. The maximum absolute atomic E-state index is 13.6. The van der Waals surface area contributed by atoms with Gasteiger partial charge in [-0.2, -0.15) is 4.68 Å². The average Bonchev–Trinajstić information content (AvgIpc) is 3.29. The number of aromatic nitrogens is 4. The molecule has 8 nitrogen and oxygen atoms in total. The van der Waals surface area contributed by atoms with Gasteiger partial charge in [-0.25, -0.2) is 4.98 Å². The van der Waals surface area contributed by atoms with Gasteiger partial charge in [-0.1, -0.05) is 43.0 Å². The van der Waals surface area contributed by atoms with E-state index in [1.54, 1.807) is 31.4 Å². The fraction of sp³-hybridized carbons (Fsp3) is 0.143. The van der Waals surface area contributed by atoms with Gasteiger partial charge in [0, 0.05) is 6.54 Å². The van der Waals surface area contributed by atoms with Gasteiger partial charge in [-0.15, -0.1) is 0 Å². The molecule has 2 aromatic heterocycles. The molecule has 0 aliphatic carbocycles. The third-order valence-electron chi connectivity index (χ3n) is 5.95. The highest BCUT2D eigenvalue weighted by Gasteiger charge is 2.21. The van der Waals surface area contributed by atoms with Crippen LogP contribution in [-0.4, -0.2) is 45.4 Å². The first-order valence-corrected chi connectivity index (χ1v) is 11.4. The number of ether oxygens (including phenoxy) is 1. The predicted octanol–water partition coefficient (Wildman–Crippen LogP) is 4.86. The van der Waals surface area contributed by atoms with E-state index in [-0.39, 0.29) is 22.4 Å². The fourth-order valence-electron chi connectivity index (χ4n) is 4.24. The molecule has 5 aromatic rings. The van der Waals surface area contributed by atoms with Gasteiger partial charge in [0.1, 0.15) is 17.6 Å². The molecule has 0 bridgehead atoms. The van der Waals surface area contributed by atoms with Crippen LogP contribution in [0.15, 0.2) is 83.9 Å². The molecule has 0 atom stereocenters. The molecule has 3 aromatic carbocycles. The topological polar surface area (TPSA) is 69.5 Å². The summed E-state index contributed by atoms with van der Waals surface area (Å²) in [5.74, 6) is 0.765. The Balaban J connectivity index is 1.59. The van der Waals surface area contributed by atoms with Crippen molar-refractivity contribution < 1.29 is 4.74 Å². The third kappa shape index (κ3) is 4.13. The quantitative estimate of drug-likeness (QED) is 0.328. The summed E-state index contributed by atoms with van der Waals surface area (Å²) in [6.07, 6.45) is 1.45. The molecule has 0 radical (unpaired) electrons. The Morgan fingerprint density at radius 1 is 0.972 bits per heavy atom. The van der Waals surface area contributed by atoms with E-state index in [4.69, 9.17) is 11.3 Å². The number of hydrogen-bond acceptors (Lipinski definition) is 5. The van der Waals surface area contributed by atoms with E-state index in [9.17, 15) is 4.79 Å². The molecule has 0 saturated heterocycles. The highest BCUT2D eigenvalue weighted by Crippen LogP contribution is 2.27. The first-order chi connectivity index (χ1) is 17.5. The van der Waals surface area contributed by atoms with Crippen LogP contribution < -0.4 is 10.3 Å². The zero-order valence-corrected chi connectivity index (χ0v) is 20.2. The Morgan fingerprint density at radius 3 is 2.33 bits per heavy atom. The summed E-state index contributed by atoms with van der Waals surface area (Å²) < 4.78 is 8.18. The third-order valence-corrected chi connectivity index (χ3v) is 5.95. The minimum Gasteiger partial charge on any atom is -0.497 e. The lowest BCUT2D eigenvalue weighted by Gasteiger charge is -2.15. The van der Waals surface area contributed by atoms with E-state index in [2.05, 4.69) is 32.0 Å². The van der Waals surface area contributed by atoms with Gasteiger partial charge >= 0.3 is 5.82 Å². The van der Waals surface area contributed by atoms with Gasteiger partial charge in [-0.05, 0) is 72.3 Å². The van der Waals surface area contributed by atoms with Crippen LogP contribution >= 0.6 is 0 Å². The van der Waals surface area contributed by atoms with Gasteiger partial charge in [0.15, 0.2) is 5.52 Å². The molecule has 0 aliphatic rings. The van der Waals surface area contributed by atoms with E-state index >= 15 is 0 Å². The number of fused-ring (bicyclic) bond motifs is 1. The first-order valence-electron chi connectivity index (χ1n) is 11.4. The Kier molecular flexibility index (Phi) is 6.07. The lowest BCUT2D eigenvalue weighted by atomic mass is 9.99. The molecule has 8 heteroatoms. The second-order valence-electron chi connectivity index (χ2n) is 8.60. The number of nitrogens with zero attached hydrogens (tertiary/aromatic N) is 6.